The summed E-state index contributed by atoms with van der Waals surface area (Å²) in [5.74, 6) is 0.625. The zero-order chi connectivity index (χ0) is 8.98. The van der Waals surface area contributed by atoms with Crippen LogP contribution in [-0.4, -0.2) is 22.9 Å². The fourth-order valence-corrected chi connectivity index (χ4v) is 3.28. The second kappa shape index (κ2) is 2.24. The number of aliphatic hydroxyl groups excluding tert-OH is 2. The van der Waals surface area contributed by atoms with E-state index >= 15 is 0 Å². The summed E-state index contributed by atoms with van der Waals surface area (Å²) in [7, 11) is 0. The molecule has 3 unspecified atom stereocenters. The molecule has 12 heavy (non-hydrogen) atoms. The Hall–Kier alpha value is -0.0800. The molecule has 2 aliphatic rings. The molecule has 0 radical (unpaired) electrons. The van der Waals surface area contributed by atoms with Gasteiger partial charge in [0, 0.05) is 5.41 Å². The molecule has 2 heteroatoms. The average molecular weight is 170 g/mol. The summed E-state index contributed by atoms with van der Waals surface area (Å²) in [6.07, 6.45) is 2.93. The van der Waals surface area contributed by atoms with Crippen LogP contribution in [0.15, 0.2) is 0 Å². The summed E-state index contributed by atoms with van der Waals surface area (Å²) >= 11 is 0. The zero-order valence-corrected chi connectivity index (χ0v) is 7.88. The molecule has 3 atom stereocenters. The Morgan fingerprint density at radius 3 is 2.42 bits per heavy atom. The van der Waals surface area contributed by atoms with E-state index in [1.807, 2.05) is 0 Å². The zero-order valence-electron chi connectivity index (χ0n) is 7.88. The predicted molar refractivity (Wildman–Crippen MR) is 46.6 cm³/mol. The van der Waals surface area contributed by atoms with Gasteiger partial charge in [-0.05, 0) is 30.6 Å². The summed E-state index contributed by atoms with van der Waals surface area (Å²) in [6.45, 7) is 4.41. The van der Waals surface area contributed by atoms with Gasteiger partial charge in [0.05, 0.1) is 12.7 Å². The fourth-order valence-electron chi connectivity index (χ4n) is 3.28. The molecule has 2 N–H and O–H groups in total. The van der Waals surface area contributed by atoms with Gasteiger partial charge in [-0.25, -0.2) is 0 Å². The fraction of sp³-hybridized carbons (Fsp3) is 1.00. The first-order chi connectivity index (χ1) is 5.53. The molecular formula is C10H18O2. The van der Waals surface area contributed by atoms with Crippen molar-refractivity contribution < 1.29 is 10.2 Å². The lowest BCUT2D eigenvalue weighted by Crippen LogP contribution is -2.43. The molecule has 2 rings (SSSR count). The van der Waals surface area contributed by atoms with Crippen molar-refractivity contribution in [3.8, 4) is 0 Å². The van der Waals surface area contributed by atoms with E-state index in [1.54, 1.807) is 0 Å². The molecule has 2 saturated carbocycles. The van der Waals surface area contributed by atoms with E-state index in [9.17, 15) is 10.2 Å². The van der Waals surface area contributed by atoms with Gasteiger partial charge in [-0.3, -0.25) is 0 Å². The third-order valence-electron chi connectivity index (χ3n) is 4.30. The quantitative estimate of drug-likeness (QED) is 0.620. The molecule has 70 valence electrons. The Morgan fingerprint density at radius 1 is 1.42 bits per heavy atom. The van der Waals surface area contributed by atoms with Crippen LogP contribution in [0.5, 0.6) is 0 Å². The number of rotatable bonds is 1. The molecule has 2 aliphatic carbocycles. The molecule has 0 aromatic rings. The summed E-state index contributed by atoms with van der Waals surface area (Å²) in [4.78, 5) is 0. The average Bonchev–Trinajstić information content (AvgIpc) is 2.53. The lowest BCUT2D eigenvalue weighted by Gasteiger charge is -2.39. The van der Waals surface area contributed by atoms with Gasteiger partial charge in [0.1, 0.15) is 0 Å². The molecule has 0 spiro atoms. The van der Waals surface area contributed by atoms with E-state index < -0.39 is 0 Å². The van der Waals surface area contributed by atoms with Crippen LogP contribution in [0.4, 0.5) is 0 Å². The smallest absolute Gasteiger partial charge is 0.0671 e. The second-order valence-electron chi connectivity index (χ2n) is 5.18. The first-order valence-electron chi connectivity index (χ1n) is 4.82. The van der Waals surface area contributed by atoms with Crippen molar-refractivity contribution in [2.75, 3.05) is 6.61 Å². The minimum Gasteiger partial charge on any atom is -0.396 e. The van der Waals surface area contributed by atoms with Crippen molar-refractivity contribution in [3.05, 3.63) is 0 Å². The molecular weight excluding hydrogens is 152 g/mol. The number of fused-ring (bicyclic) bond motifs is 2. The van der Waals surface area contributed by atoms with Crippen molar-refractivity contribution in [2.24, 2.45) is 16.7 Å². The van der Waals surface area contributed by atoms with Crippen LogP contribution in [0.1, 0.15) is 33.1 Å². The summed E-state index contributed by atoms with van der Waals surface area (Å²) < 4.78 is 0. The maximum absolute atomic E-state index is 10.0. The highest BCUT2D eigenvalue weighted by molar-refractivity contribution is 5.10. The molecule has 0 saturated heterocycles. The normalized spacial score (nSPS) is 50.0. The standard InChI is InChI=1S/C10H18O2/c1-9(2)7-3-4-10(5-7,6-11)8(9)12/h7-8,11-12H,3-6H2,1-2H3. The topological polar surface area (TPSA) is 40.5 Å². The maximum atomic E-state index is 10.0. The van der Waals surface area contributed by atoms with Crippen LogP contribution in [0.25, 0.3) is 0 Å². The highest BCUT2D eigenvalue weighted by Gasteiger charge is 2.60. The van der Waals surface area contributed by atoms with E-state index in [1.165, 1.54) is 6.42 Å². The molecule has 2 nitrogen and oxygen atoms in total. The van der Waals surface area contributed by atoms with E-state index in [-0.39, 0.29) is 23.5 Å². The summed E-state index contributed by atoms with van der Waals surface area (Å²) in [5, 5.41) is 19.3. The summed E-state index contributed by atoms with van der Waals surface area (Å²) in [5.41, 5.74) is -0.116. The lowest BCUT2D eigenvalue weighted by atomic mass is 9.70. The van der Waals surface area contributed by atoms with Gasteiger partial charge in [0.15, 0.2) is 0 Å². The highest BCUT2D eigenvalue weighted by atomic mass is 16.3. The Kier molecular flexibility index (Phi) is 1.59. The third kappa shape index (κ3) is 0.775. The molecule has 0 aliphatic heterocycles. The van der Waals surface area contributed by atoms with E-state index in [4.69, 9.17) is 0 Å². The van der Waals surface area contributed by atoms with Gasteiger partial charge in [-0.1, -0.05) is 13.8 Å². The van der Waals surface area contributed by atoms with E-state index in [2.05, 4.69) is 13.8 Å². The monoisotopic (exact) mass is 170 g/mol. The number of hydrogen-bond acceptors (Lipinski definition) is 2. The van der Waals surface area contributed by atoms with Crippen LogP contribution in [-0.2, 0) is 0 Å². The van der Waals surface area contributed by atoms with E-state index in [0.717, 1.165) is 12.8 Å². The maximum Gasteiger partial charge on any atom is 0.0671 e. The van der Waals surface area contributed by atoms with Crippen LogP contribution >= 0.6 is 0 Å². The molecule has 2 bridgehead atoms. The Bertz CT molecular complexity index is 200. The Balaban J connectivity index is 2.32. The van der Waals surface area contributed by atoms with Crippen LogP contribution < -0.4 is 0 Å². The molecule has 2 fully saturated rings. The van der Waals surface area contributed by atoms with Gasteiger partial charge in [-0.15, -0.1) is 0 Å². The molecule has 0 aromatic carbocycles. The molecule has 0 heterocycles. The Labute approximate surface area is 73.6 Å². The van der Waals surface area contributed by atoms with Gasteiger partial charge < -0.3 is 10.2 Å². The predicted octanol–water partition coefficient (Wildman–Crippen LogP) is 1.17. The van der Waals surface area contributed by atoms with Crippen molar-refractivity contribution in [3.63, 3.8) is 0 Å². The van der Waals surface area contributed by atoms with E-state index in [0.29, 0.717) is 5.92 Å². The van der Waals surface area contributed by atoms with Gasteiger partial charge in [-0.2, -0.15) is 0 Å². The first-order valence-corrected chi connectivity index (χ1v) is 4.82. The Morgan fingerprint density at radius 2 is 2.08 bits per heavy atom. The van der Waals surface area contributed by atoms with Crippen molar-refractivity contribution >= 4 is 0 Å². The van der Waals surface area contributed by atoms with Gasteiger partial charge in [0.25, 0.3) is 0 Å². The van der Waals surface area contributed by atoms with Crippen LogP contribution in [0.3, 0.4) is 0 Å². The second-order valence-corrected chi connectivity index (χ2v) is 5.18. The van der Waals surface area contributed by atoms with Gasteiger partial charge >= 0.3 is 0 Å². The minimum atomic E-state index is -0.297. The SMILES string of the molecule is CC1(C)C2CCC(CO)(C2)C1O. The third-order valence-corrected chi connectivity index (χ3v) is 4.30. The largest absolute Gasteiger partial charge is 0.396 e. The van der Waals surface area contributed by atoms with Crippen LogP contribution in [0, 0.1) is 16.7 Å². The van der Waals surface area contributed by atoms with Crippen LogP contribution in [0.2, 0.25) is 0 Å². The number of hydrogen-bond donors (Lipinski definition) is 2. The van der Waals surface area contributed by atoms with Crippen molar-refractivity contribution in [2.45, 2.75) is 39.2 Å². The molecule has 0 aromatic heterocycles. The minimum absolute atomic E-state index is 0.0288. The van der Waals surface area contributed by atoms with Crippen molar-refractivity contribution in [1.29, 1.82) is 0 Å². The summed E-state index contributed by atoms with van der Waals surface area (Å²) in [6, 6.07) is 0. The first kappa shape index (κ1) is 8.52. The molecule has 0 amide bonds. The lowest BCUT2D eigenvalue weighted by molar-refractivity contribution is -0.0635. The van der Waals surface area contributed by atoms with Gasteiger partial charge in [0.2, 0.25) is 0 Å². The number of aliphatic hydroxyl groups is 2. The highest BCUT2D eigenvalue weighted by Crippen LogP contribution is 2.62. The van der Waals surface area contributed by atoms with Crippen molar-refractivity contribution in [1.82, 2.24) is 0 Å².